The molecule has 4 atom stereocenters. The summed E-state index contributed by atoms with van der Waals surface area (Å²) in [7, 11) is 0. The molecule has 6 N–H and O–H groups in total. The van der Waals surface area contributed by atoms with Gasteiger partial charge in [0.2, 0.25) is 17.7 Å². The van der Waals surface area contributed by atoms with Crippen LogP contribution in [0.4, 0.5) is 0 Å². The first-order valence-electron chi connectivity index (χ1n) is 11.2. The Morgan fingerprint density at radius 1 is 1.09 bits per heavy atom. The molecule has 0 spiro atoms. The van der Waals surface area contributed by atoms with Crippen LogP contribution >= 0.6 is 0 Å². The third-order valence-corrected chi connectivity index (χ3v) is 5.62. The molecule has 0 radical (unpaired) electrons. The number of nitrogens with one attached hydrogen (secondary N) is 2. The van der Waals surface area contributed by atoms with Crippen LogP contribution in [0, 0.1) is 5.92 Å². The number of nitrogens with zero attached hydrogens (tertiary/aromatic N) is 1. The molecular weight excluding hydrogens is 428 g/mol. The standard InChI is InChI=1S/C23H34N4O6/c1-13(2)11-18(26-20(29)17(24)12-15-6-8-16(28)9-7-15)21(30)25-14(3)22(31)27-10-4-5-19(27)23(32)33/h6-9,13-14,17-19,28H,4-5,10-12,24H2,1-3H3,(H,25,30)(H,26,29)(H,32,33). The Bertz CT molecular complexity index is 857. The van der Waals surface area contributed by atoms with E-state index in [1.54, 1.807) is 12.1 Å². The molecule has 10 nitrogen and oxygen atoms in total. The molecule has 1 aromatic carbocycles. The molecule has 4 unspecified atom stereocenters. The number of hydrogen-bond acceptors (Lipinski definition) is 6. The fourth-order valence-electron chi connectivity index (χ4n) is 3.87. The summed E-state index contributed by atoms with van der Waals surface area (Å²) >= 11 is 0. The summed E-state index contributed by atoms with van der Waals surface area (Å²) in [6.07, 6.45) is 1.54. The first kappa shape index (κ1) is 26.1. The van der Waals surface area contributed by atoms with Gasteiger partial charge in [-0.2, -0.15) is 0 Å². The van der Waals surface area contributed by atoms with Crippen LogP contribution in [0.2, 0.25) is 0 Å². The normalized spacial score (nSPS) is 18.5. The van der Waals surface area contributed by atoms with Crippen molar-refractivity contribution < 1.29 is 29.4 Å². The van der Waals surface area contributed by atoms with Gasteiger partial charge in [0.15, 0.2) is 0 Å². The van der Waals surface area contributed by atoms with Crippen molar-refractivity contribution in [3.05, 3.63) is 29.8 Å². The number of carbonyl (C=O) groups is 4. The van der Waals surface area contributed by atoms with E-state index in [0.717, 1.165) is 5.56 Å². The van der Waals surface area contributed by atoms with Crippen LogP contribution in [0.25, 0.3) is 0 Å². The topological polar surface area (TPSA) is 162 Å². The van der Waals surface area contributed by atoms with Gasteiger partial charge in [-0.1, -0.05) is 26.0 Å². The largest absolute Gasteiger partial charge is 0.508 e. The SMILES string of the molecule is CC(C)CC(NC(=O)C(N)Cc1ccc(O)cc1)C(=O)NC(C)C(=O)N1CCCC1C(=O)O. The van der Waals surface area contributed by atoms with Gasteiger partial charge in [-0.25, -0.2) is 4.79 Å². The number of rotatable bonds is 10. The summed E-state index contributed by atoms with van der Waals surface area (Å²) < 4.78 is 0. The number of phenolic OH excluding ortho intramolecular Hbond substituents is 1. The molecule has 1 aromatic rings. The van der Waals surface area contributed by atoms with Gasteiger partial charge in [-0.05, 0) is 56.2 Å². The summed E-state index contributed by atoms with van der Waals surface area (Å²) in [5.41, 5.74) is 6.78. The summed E-state index contributed by atoms with van der Waals surface area (Å²) in [6, 6.07) is 2.71. The van der Waals surface area contributed by atoms with E-state index in [2.05, 4.69) is 10.6 Å². The van der Waals surface area contributed by atoms with Crippen LogP contribution in [0.5, 0.6) is 5.75 Å². The van der Waals surface area contributed by atoms with Gasteiger partial charge in [0.05, 0.1) is 6.04 Å². The number of aromatic hydroxyl groups is 1. The highest BCUT2D eigenvalue weighted by molar-refractivity contribution is 5.94. The molecular formula is C23H34N4O6. The minimum Gasteiger partial charge on any atom is -0.508 e. The molecule has 0 bridgehead atoms. The van der Waals surface area contributed by atoms with Crippen molar-refractivity contribution in [2.45, 2.75) is 70.6 Å². The van der Waals surface area contributed by atoms with Crippen LogP contribution in [0.3, 0.4) is 0 Å². The zero-order valence-corrected chi connectivity index (χ0v) is 19.3. The smallest absolute Gasteiger partial charge is 0.326 e. The van der Waals surface area contributed by atoms with E-state index >= 15 is 0 Å². The molecule has 1 aliphatic rings. The lowest BCUT2D eigenvalue weighted by Gasteiger charge is -2.27. The fourth-order valence-corrected chi connectivity index (χ4v) is 3.87. The van der Waals surface area contributed by atoms with Crippen LogP contribution in [-0.2, 0) is 25.6 Å². The van der Waals surface area contributed by atoms with Crippen molar-refractivity contribution in [1.82, 2.24) is 15.5 Å². The molecule has 0 saturated carbocycles. The van der Waals surface area contributed by atoms with Crippen LogP contribution < -0.4 is 16.4 Å². The second-order valence-electron chi connectivity index (χ2n) is 8.93. The second-order valence-corrected chi connectivity index (χ2v) is 8.93. The van der Waals surface area contributed by atoms with Crippen molar-refractivity contribution in [2.24, 2.45) is 11.7 Å². The number of amides is 3. The van der Waals surface area contributed by atoms with Gasteiger partial charge in [0.25, 0.3) is 0 Å². The van der Waals surface area contributed by atoms with E-state index in [9.17, 15) is 29.4 Å². The molecule has 182 valence electrons. The first-order valence-corrected chi connectivity index (χ1v) is 11.2. The third-order valence-electron chi connectivity index (χ3n) is 5.62. The molecule has 33 heavy (non-hydrogen) atoms. The maximum atomic E-state index is 12.9. The second kappa shape index (κ2) is 11.6. The molecule has 2 rings (SSSR count). The van der Waals surface area contributed by atoms with Crippen molar-refractivity contribution in [2.75, 3.05) is 6.54 Å². The van der Waals surface area contributed by atoms with E-state index in [-0.39, 0.29) is 18.1 Å². The zero-order chi connectivity index (χ0) is 24.7. The highest BCUT2D eigenvalue weighted by Gasteiger charge is 2.37. The summed E-state index contributed by atoms with van der Waals surface area (Å²) in [6.45, 7) is 5.63. The van der Waals surface area contributed by atoms with Gasteiger partial charge >= 0.3 is 5.97 Å². The van der Waals surface area contributed by atoms with Gasteiger partial charge in [-0.3, -0.25) is 14.4 Å². The van der Waals surface area contributed by atoms with Gasteiger partial charge in [0.1, 0.15) is 23.9 Å². The van der Waals surface area contributed by atoms with E-state index in [0.29, 0.717) is 25.8 Å². The average Bonchev–Trinajstić information content (AvgIpc) is 3.24. The van der Waals surface area contributed by atoms with E-state index in [1.807, 2.05) is 13.8 Å². The summed E-state index contributed by atoms with van der Waals surface area (Å²) in [4.78, 5) is 50.9. The molecule has 1 aliphatic heterocycles. The van der Waals surface area contributed by atoms with Crippen molar-refractivity contribution in [3.8, 4) is 5.75 Å². The predicted molar refractivity (Wildman–Crippen MR) is 121 cm³/mol. The number of aliphatic carboxylic acids is 1. The predicted octanol–water partition coefficient (Wildman–Crippen LogP) is 0.373. The maximum absolute atomic E-state index is 12.9. The fraction of sp³-hybridized carbons (Fsp3) is 0.565. The van der Waals surface area contributed by atoms with Gasteiger partial charge in [-0.15, -0.1) is 0 Å². The molecule has 1 heterocycles. The molecule has 0 aliphatic carbocycles. The number of nitrogens with two attached hydrogens (primary N) is 1. The molecule has 1 saturated heterocycles. The number of carboxylic acids is 1. The Kier molecular flexibility index (Phi) is 9.22. The maximum Gasteiger partial charge on any atom is 0.326 e. The number of likely N-dealkylation sites (tertiary alicyclic amines) is 1. The first-order chi connectivity index (χ1) is 15.5. The lowest BCUT2D eigenvalue weighted by atomic mass is 10.0. The number of benzene rings is 1. The van der Waals surface area contributed by atoms with Gasteiger partial charge in [0, 0.05) is 6.54 Å². The zero-order valence-electron chi connectivity index (χ0n) is 19.3. The Hall–Kier alpha value is -3.14. The summed E-state index contributed by atoms with van der Waals surface area (Å²) in [5, 5.41) is 24.0. The molecule has 3 amide bonds. The quantitative estimate of drug-likeness (QED) is 0.335. The minimum atomic E-state index is -1.06. The van der Waals surface area contributed by atoms with E-state index < -0.39 is 47.9 Å². The number of carbonyl (C=O) groups excluding carboxylic acids is 3. The average molecular weight is 463 g/mol. The van der Waals surface area contributed by atoms with E-state index in [4.69, 9.17) is 5.73 Å². The van der Waals surface area contributed by atoms with Crippen molar-refractivity contribution in [3.63, 3.8) is 0 Å². The molecule has 0 aromatic heterocycles. The number of hydrogen-bond donors (Lipinski definition) is 5. The Morgan fingerprint density at radius 2 is 1.73 bits per heavy atom. The highest BCUT2D eigenvalue weighted by Crippen LogP contribution is 2.18. The molecule has 10 heteroatoms. The lowest BCUT2D eigenvalue weighted by Crippen LogP contribution is -2.56. The van der Waals surface area contributed by atoms with Crippen molar-refractivity contribution in [1.29, 1.82) is 0 Å². The Morgan fingerprint density at radius 3 is 2.30 bits per heavy atom. The van der Waals surface area contributed by atoms with Crippen LogP contribution in [0.1, 0.15) is 45.6 Å². The van der Waals surface area contributed by atoms with Crippen LogP contribution in [-0.4, -0.2) is 69.5 Å². The number of carboxylic acid groups (broad SMARTS) is 1. The lowest BCUT2D eigenvalue weighted by molar-refractivity contribution is -0.149. The summed E-state index contributed by atoms with van der Waals surface area (Å²) in [5.74, 6) is -2.37. The van der Waals surface area contributed by atoms with Gasteiger partial charge < -0.3 is 31.5 Å². The minimum absolute atomic E-state index is 0.0790. The van der Waals surface area contributed by atoms with Crippen LogP contribution in [0.15, 0.2) is 24.3 Å². The Labute approximate surface area is 193 Å². The van der Waals surface area contributed by atoms with E-state index in [1.165, 1.54) is 24.0 Å². The highest BCUT2D eigenvalue weighted by atomic mass is 16.4. The third kappa shape index (κ3) is 7.45. The molecule has 1 fully saturated rings. The Balaban J connectivity index is 2.00. The number of phenols is 1. The van der Waals surface area contributed by atoms with Crippen molar-refractivity contribution >= 4 is 23.7 Å². The monoisotopic (exact) mass is 462 g/mol.